The van der Waals surface area contributed by atoms with E-state index in [2.05, 4.69) is 15.1 Å². The molecular formula is C17H17N5O4S. The van der Waals surface area contributed by atoms with E-state index in [4.69, 9.17) is 18.7 Å². The van der Waals surface area contributed by atoms with Crippen LogP contribution in [0.25, 0.3) is 28.1 Å². The molecule has 1 atom stereocenters. The van der Waals surface area contributed by atoms with Crippen LogP contribution in [0.4, 0.5) is 0 Å². The summed E-state index contributed by atoms with van der Waals surface area (Å²) in [5.41, 5.74) is 1.98. The second-order valence-corrected chi connectivity index (χ2v) is 6.94. The Morgan fingerprint density at radius 1 is 1.30 bits per heavy atom. The van der Waals surface area contributed by atoms with Crippen molar-refractivity contribution in [2.24, 2.45) is 0 Å². The van der Waals surface area contributed by atoms with Crippen molar-refractivity contribution in [2.75, 3.05) is 19.5 Å². The van der Waals surface area contributed by atoms with E-state index in [0.29, 0.717) is 53.2 Å². The Bertz CT molecular complexity index is 1170. The summed E-state index contributed by atoms with van der Waals surface area (Å²) in [5, 5.41) is 5.21. The number of nitrogens with one attached hydrogen (secondary N) is 1. The van der Waals surface area contributed by atoms with Gasteiger partial charge in [-0.1, -0.05) is 0 Å². The van der Waals surface area contributed by atoms with Crippen LogP contribution in [0.5, 0.6) is 11.8 Å². The van der Waals surface area contributed by atoms with Crippen LogP contribution in [0.1, 0.15) is 6.42 Å². The van der Waals surface area contributed by atoms with Gasteiger partial charge in [-0.15, -0.1) is 5.10 Å². The molecule has 0 aromatic carbocycles. The number of ether oxygens (including phenoxy) is 2. The van der Waals surface area contributed by atoms with Gasteiger partial charge in [0.15, 0.2) is 11.4 Å². The monoisotopic (exact) mass is 387 g/mol. The highest BCUT2D eigenvalue weighted by atomic mass is 32.2. The first kappa shape index (κ1) is 17.3. The molecule has 0 spiro atoms. The number of hydrogen-bond acceptors (Lipinski definition) is 8. The van der Waals surface area contributed by atoms with Crippen molar-refractivity contribution in [3.05, 3.63) is 36.7 Å². The molecule has 1 unspecified atom stereocenters. The minimum absolute atomic E-state index is 0.308. The van der Waals surface area contributed by atoms with E-state index in [0.717, 1.165) is 5.39 Å². The summed E-state index contributed by atoms with van der Waals surface area (Å²) < 4.78 is 36.3. The van der Waals surface area contributed by atoms with Crippen molar-refractivity contribution in [2.45, 2.75) is 6.42 Å². The molecular weight excluding hydrogens is 370 g/mol. The van der Waals surface area contributed by atoms with E-state index in [1.165, 1.54) is 0 Å². The summed E-state index contributed by atoms with van der Waals surface area (Å²) in [5.74, 6) is 1.79. The smallest absolute Gasteiger partial charge is 0.231 e. The summed E-state index contributed by atoms with van der Waals surface area (Å²) >= 11 is 0. The minimum atomic E-state index is -1.89. The molecule has 0 aliphatic heterocycles. The van der Waals surface area contributed by atoms with Crippen LogP contribution in [0.2, 0.25) is 0 Å². The van der Waals surface area contributed by atoms with Crippen LogP contribution in [-0.2, 0) is 10.6 Å². The number of rotatable bonds is 7. The standard InChI is InChI=1S/C17H17N5O4S/c1-24-17-11-9-14(26-13(11)5-6-19-17)12-10-20-15-3-4-16(21-22(12)15)25-7-2-8-27(18)23/h3-6,9-10,18,27H,2,7-8H2,1H3. The van der Waals surface area contributed by atoms with Gasteiger partial charge in [0.05, 0.1) is 25.3 Å². The molecule has 0 fully saturated rings. The molecule has 0 saturated heterocycles. The van der Waals surface area contributed by atoms with Crippen molar-refractivity contribution in [3.8, 4) is 23.2 Å². The molecule has 9 nitrogen and oxygen atoms in total. The molecule has 4 rings (SSSR count). The van der Waals surface area contributed by atoms with Crippen molar-refractivity contribution >= 4 is 27.2 Å². The topological polar surface area (TPSA) is 116 Å². The Morgan fingerprint density at radius 2 is 2.19 bits per heavy atom. The maximum atomic E-state index is 10.8. The molecule has 0 radical (unpaired) electrons. The molecule has 10 heteroatoms. The fraction of sp³-hybridized carbons (Fsp3) is 0.235. The van der Waals surface area contributed by atoms with Crippen LogP contribution in [0.3, 0.4) is 0 Å². The third-order valence-corrected chi connectivity index (χ3v) is 4.67. The molecule has 4 aromatic rings. The maximum absolute atomic E-state index is 10.8. The van der Waals surface area contributed by atoms with Crippen LogP contribution in [0, 0.1) is 4.78 Å². The average molecular weight is 387 g/mol. The molecule has 0 aliphatic carbocycles. The van der Waals surface area contributed by atoms with Gasteiger partial charge < -0.3 is 13.9 Å². The Balaban J connectivity index is 1.67. The van der Waals surface area contributed by atoms with Crippen molar-refractivity contribution in [1.82, 2.24) is 19.6 Å². The highest BCUT2D eigenvalue weighted by molar-refractivity contribution is 7.73. The summed E-state index contributed by atoms with van der Waals surface area (Å²) in [6.45, 7) is 0.343. The van der Waals surface area contributed by atoms with E-state index in [-0.39, 0.29) is 0 Å². The zero-order valence-corrected chi connectivity index (χ0v) is 15.3. The predicted octanol–water partition coefficient (Wildman–Crippen LogP) is 2.56. The number of nitrogens with zero attached hydrogens (tertiary/aromatic N) is 4. The van der Waals surface area contributed by atoms with Gasteiger partial charge >= 0.3 is 0 Å². The molecule has 140 valence electrons. The van der Waals surface area contributed by atoms with Crippen molar-refractivity contribution in [3.63, 3.8) is 0 Å². The zero-order valence-electron chi connectivity index (χ0n) is 14.5. The van der Waals surface area contributed by atoms with Crippen LogP contribution >= 0.6 is 0 Å². The molecule has 0 aliphatic rings. The number of furan rings is 1. The molecule has 1 N–H and O–H groups in total. The molecule has 4 aromatic heterocycles. The number of pyridine rings is 1. The average Bonchev–Trinajstić information content (AvgIpc) is 3.28. The lowest BCUT2D eigenvalue weighted by Gasteiger charge is -2.05. The largest absolute Gasteiger partial charge is 0.480 e. The number of methoxy groups -OCH3 is 1. The Morgan fingerprint density at radius 3 is 3.00 bits per heavy atom. The number of thiol groups is 1. The summed E-state index contributed by atoms with van der Waals surface area (Å²) in [4.78, 5) is 8.52. The third kappa shape index (κ3) is 3.43. The number of fused-ring (bicyclic) bond motifs is 2. The highest BCUT2D eigenvalue weighted by Crippen LogP contribution is 2.32. The van der Waals surface area contributed by atoms with Gasteiger partial charge in [-0.3, -0.25) is 8.99 Å². The Hall–Kier alpha value is -3.14. The lowest BCUT2D eigenvalue weighted by atomic mass is 10.3. The van der Waals surface area contributed by atoms with Gasteiger partial charge in [-0.25, -0.2) is 14.5 Å². The van der Waals surface area contributed by atoms with E-state index >= 15 is 0 Å². The molecule has 0 bridgehead atoms. The quantitative estimate of drug-likeness (QED) is 0.370. The van der Waals surface area contributed by atoms with Crippen molar-refractivity contribution in [1.29, 1.82) is 4.78 Å². The van der Waals surface area contributed by atoms with Gasteiger partial charge in [-0.05, 0) is 18.6 Å². The second kappa shape index (κ2) is 7.23. The number of hydrogen-bond donors (Lipinski definition) is 2. The summed E-state index contributed by atoms with van der Waals surface area (Å²) in [6.07, 6.45) is 3.83. The van der Waals surface area contributed by atoms with Crippen LogP contribution in [-0.4, -0.2) is 43.3 Å². The van der Waals surface area contributed by atoms with E-state index in [9.17, 15) is 4.21 Å². The lowest BCUT2D eigenvalue weighted by molar-refractivity contribution is 0.301. The van der Waals surface area contributed by atoms with Crippen LogP contribution < -0.4 is 9.47 Å². The Kier molecular flexibility index (Phi) is 4.63. The fourth-order valence-electron chi connectivity index (χ4n) is 2.71. The molecule has 27 heavy (non-hydrogen) atoms. The fourth-order valence-corrected chi connectivity index (χ4v) is 3.13. The van der Waals surface area contributed by atoms with E-state index in [1.807, 2.05) is 6.07 Å². The predicted molar refractivity (Wildman–Crippen MR) is 99.8 cm³/mol. The Labute approximate surface area is 155 Å². The number of aromatic nitrogens is 4. The second-order valence-electron chi connectivity index (χ2n) is 5.73. The highest BCUT2D eigenvalue weighted by Gasteiger charge is 2.15. The molecule has 0 saturated carbocycles. The van der Waals surface area contributed by atoms with Gasteiger partial charge in [-0.2, -0.15) is 0 Å². The van der Waals surface area contributed by atoms with Gasteiger partial charge in [0.1, 0.15) is 11.3 Å². The first-order valence-electron chi connectivity index (χ1n) is 8.22. The normalized spacial score (nSPS) is 12.5. The first-order chi connectivity index (χ1) is 13.2. The van der Waals surface area contributed by atoms with E-state index in [1.54, 1.807) is 42.2 Å². The first-order valence-corrected chi connectivity index (χ1v) is 9.66. The number of imidazole rings is 1. The lowest BCUT2D eigenvalue weighted by Crippen LogP contribution is -2.04. The van der Waals surface area contributed by atoms with Gasteiger partial charge in [0.2, 0.25) is 11.8 Å². The van der Waals surface area contributed by atoms with Gasteiger partial charge in [0, 0.05) is 34.7 Å². The van der Waals surface area contributed by atoms with Gasteiger partial charge in [0.25, 0.3) is 0 Å². The maximum Gasteiger partial charge on any atom is 0.231 e. The SMILES string of the molecule is COc1nccc2oc(-c3cnc4ccc(OCCC[SH](=N)=O)nn34)cc12. The van der Waals surface area contributed by atoms with E-state index < -0.39 is 10.6 Å². The summed E-state index contributed by atoms with van der Waals surface area (Å²) in [7, 11) is -0.335. The zero-order chi connectivity index (χ0) is 18.8. The van der Waals surface area contributed by atoms with Crippen LogP contribution in [0.15, 0.2) is 41.1 Å². The molecule has 4 heterocycles. The summed E-state index contributed by atoms with van der Waals surface area (Å²) in [6, 6.07) is 7.12. The molecule has 0 amide bonds. The van der Waals surface area contributed by atoms with Crippen molar-refractivity contribution < 1.29 is 18.1 Å². The minimum Gasteiger partial charge on any atom is -0.480 e. The third-order valence-electron chi connectivity index (χ3n) is 3.95.